The van der Waals surface area contributed by atoms with Gasteiger partial charge >= 0.3 is 6.09 Å². The maximum atomic E-state index is 12.5. The third-order valence-corrected chi connectivity index (χ3v) is 3.89. The monoisotopic (exact) mass is 432 g/mol. The Labute approximate surface area is 149 Å². The maximum absolute atomic E-state index is 12.5. The molecule has 1 heterocycles. The summed E-state index contributed by atoms with van der Waals surface area (Å²) in [5, 5.41) is 2.81. The minimum atomic E-state index is -0.696. The van der Waals surface area contributed by atoms with E-state index in [9.17, 15) is 9.59 Å². The second-order valence-electron chi connectivity index (χ2n) is 6.26. The third kappa shape index (κ3) is 5.35. The highest BCUT2D eigenvalue weighted by Gasteiger charge is 2.35. The molecule has 0 spiro atoms. The van der Waals surface area contributed by atoms with Crippen LogP contribution in [-0.2, 0) is 14.3 Å². The van der Waals surface area contributed by atoms with Crippen LogP contribution in [0.1, 0.15) is 20.8 Å². The quantitative estimate of drug-likeness (QED) is 0.731. The molecule has 23 heavy (non-hydrogen) atoms. The van der Waals surface area contributed by atoms with Crippen molar-refractivity contribution >= 4 is 40.3 Å². The van der Waals surface area contributed by atoms with Crippen molar-refractivity contribution in [3.8, 4) is 0 Å². The Morgan fingerprint density at radius 3 is 2.57 bits per heavy atom. The van der Waals surface area contributed by atoms with Crippen molar-refractivity contribution in [2.75, 3.05) is 25.1 Å². The van der Waals surface area contributed by atoms with E-state index in [0.717, 1.165) is 3.57 Å². The molecule has 1 fully saturated rings. The minimum absolute atomic E-state index is 0.162. The van der Waals surface area contributed by atoms with E-state index >= 15 is 0 Å². The van der Waals surface area contributed by atoms with E-state index in [1.807, 2.05) is 24.3 Å². The standard InChI is InChI=1S/C16H21IN2O4/c1-16(2,3)23-15(21)19-8-9-22-10-13(19)14(20)18-12-6-4-11(17)5-7-12/h4-7,13H,8-10H2,1-3H3,(H,18,20)/t13-/m1/s1. The van der Waals surface area contributed by atoms with Crippen molar-refractivity contribution in [2.45, 2.75) is 32.4 Å². The van der Waals surface area contributed by atoms with Crippen LogP contribution in [0.5, 0.6) is 0 Å². The van der Waals surface area contributed by atoms with E-state index in [2.05, 4.69) is 27.9 Å². The second-order valence-corrected chi connectivity index (χ2v) is 7.51. The van der Waals surface area contributed by atoms with Gasteiger partial charge in [0.25, 0.3) is 0 Å². The molecule has 1 aromatic carbocycles. The Morgan fingerprint density at radius 1 is 1.30 bits per heavy atom. The van der Waals surface area contributed by atoms with E-state index in [4.69, 9.17) is 9.47 Å². The van der Waals surface area contributed by atoms with Crippen molar-refractivity contribution in [3.05, 3.63) is 27.8 Å². The molecule has 1 N–H and O–H groups in total. The highest BCUT2D eigenvalue weighted by atomic mass is 127. The molecule has 0 saturated carbocycles. The molecule has 1 aliphatic heterocycles. The molecule has 1 saturated heterocycles. The fourth-order valence-electron chi connectivity index (χ4n) is 2.12. The molecule has 7 heteroatoms. The van der Waals surface area contributed by atoms with Gasteiger partial charge in [-0.3, -0.25) is 9.69 Å². The zero-order valence-electron chi connectivity index (χ0n) is 13.5. The number of nitrogens with zero attached hydrogens (tertiary/aromatic N) is 1. The summed E-state index contributed by atoms with van der Waals surface area (Å²) in [6, 6.07) is 6.75. The predicted molar refractivity (Wildman–Crippen MR) is 95.3 cm³/mol. The number of hydrogen-bond acceptors (Lipinski definition) is 4. The normalized spacial score (nSPS) is 18.4. The van der Waals surface area contributed by atoms with Crippen molar-refractivity contribution in [3.63, 3.8) is 0 Å². The van der Waals surface area contributed by atoms with Gasteiger partial charge in [0.15, 0.2) is 0 Å². The van der Waals surface area contributed by atoms with Crippen molar-refractivity contribution in [1.82, 2.24) is 4.90 Å². The number of ether oxygens (including phenoxy) is 2. The van der Waals surface area contributed by atoms with Crippen LogP contribution in [-0.4, -0.2) is 48.3 Å². The lowest BCUT2D eigenvalue weighted by atomic mass is 10.2. The second kappa shape index (κ2) is 7.48. The molecule has 126 valence electrons. The van der Waals surface area contributed by atoms with Crippen LogP contribution in [0.2, 0.25) is 0 Å². The molecular weight excluding hydrogens is 411 g/mol. The Balaban J connectivity index is 2.06. The number of nitrogens with one attached hydrogen (secondary N) is 1. The number of anilines is 1. The first kappa shape index (κ1) is 18.0. The van der Waals surface area contributed by atoms with E-state index in [1.54, 1.807) is 20.8 Å². The van der Waals surface area contributed by atoms with Gasteiger partial charge in [0.2, 0.25) is 5.91 Å². The van der Waals surface area contributed by atoms with E-state index < -0.39 is 17.7 Å². The number of halogens is 1. The SMILES string of the molecule is CC(C)(C)OC(=O)N1CCOC[C@@H]1C(=O)Nc1ccc(I)cc1. The van der Waals surface area contributed by atoms with Gasteiger partial charge in [0.1, 0.15) is 11.6 Å². The molecular formula is C16H21IN2O4. The van der Waals surface area contributed by atoms with Gasteiger partial charge in [0, 0.05) is 15.8 Å². The van der Waals surface area contributed by atoms with Gasteiger partial charge in [-0.15, -0.1) is 0 Å². The Hall–Kier alpha value is -1.35. The van der Waals surface area contributed by atoms with Gasteiger partial charge in [-0.1, -0.05) is 0 Å². The predicted octanol–water partition coefficient (Wildman–Crippen LogP) is 2.87. The largest absolute Gasteiger partial charge is 0.444 e. The molecule has 6 nitrogen and oxygen atoms in total. The average Bonchev–Trinajstić information content (AvgIpc) is 2.48. The van der Waals surface area contributed by atoms with Crippen LogP contribution in [0, 0.1) is 3.57 Å². The molecule has 1 aliphatic rings. The van der Waals surface area contributed by atoms with Crippen LogP contribution >= 0.6 is 22.6 Å². The number of rotatable bonds is 2. The highest BCUT2D eigenvalue weighted by Crippen LogP contribution is 2.17. The van der Waals surface area contributed by atoms with Crippen molar-refractivity contribution < 1.29 is 19.1 Å². The first-order valence-corrected chi connectivity index (χ1v) is 8.48. The van der Waals surface area contributed by atoms with Gasteiger partial charge in [-0.2, -0.15) is 0 Å². The first-order chi connectivity index (χ1) is 10.8. The van der Waals surface area contributed by atoms with E-state index in [1.165, 1.54) is 4.90 Å². The smallest absolute Gasteiger partial charge is 0.411 e. The number of morpholine rings is 1. The lowest BCUT2D eigenvalue weighted by molar-refractivity contribution is -0.127. The summed E-state index contributed by atoms with van der Waals surface area (Å²) in [5.41, 5.74) is 0.0807. The molecule has 0 aromatic heterocycles. The molecule has 0 radical (unpaired) electrons. The van der Waals surface area contributed by atoms with E-state index in [-0.39, 0.29) is 12.5 Å². The Morgan fingerprint density at radius 2 is 1.96 bits per heavy atom. The van der Waals surface area contributed by atoms with Crippen LogP contribution in [0.3, 0.4) is 0 Å². The fraction of sp³-hybridized carbons (Fsp3) is 0.500. The minimum Gasteiger partial charge on any atom is -0.444 e. The Bertz CT molecular complexity index is 568. The van der Waals surface area contributed by atoms with Gasteiger partial charge in [0.05, 0.1) is 13.2 Å². The number of carbonyl (C=O) groups is 2. The van der Waals surface area contributed by atoms with Gasteiger partial charge < -0.3 is 14.8 Å². The number of amides is 2. The molecule has 2 amide bonds. The van der Waals surface area contributed by atoms with Crippen LogP contribution < -0.4 is 5.32 Å². The number of carbonyl (C=O) groups excluding carboxylic acids is 2. The summed E-state index contributed by atoms with van der Waals surface area (Å²) >= 11 is 2.20. The zero-order chi connectivity index (χ0) is 17.0. The van der Waals surface area contributed by atoms with Gasteiger partial charge in [-0.25, -0.2) is 4.79 Å². The highest BCUT2D eigenvalue weighted by molar-refractivity contribution is 14.1. The lowest BCUT2D eigenvalue weighted by Gasteiger charge is -2.35. The third-order valence-electron chi connectivity index (χ3n) is 3.17. The summed E-state index contributed by atoms with van der Waals surface area (Å²) in [5.74, 6) is -0.281. The first-order valence-electron chi connectivity index (χ1n) is 7.40. The summed E-state index contributed by atoms with van der Waals surface area (Å²) in [6.45, 7) is 6.28. The molecule has 1 aromatic rings. The summed E-state index contributed by atoms with van der Waals surface area (Å²) in [4.78, 5) is 26.2. The van der Waals surface area contributed by atoms with Gasteiger partial charge in [-0.05, 0) is 67.6 Å². The fourth-order valence-corrected chi connectivity index (χ4v) is 2.48. The Kier molecular flexibility index (Phi) is 5.85. The van der Waals surface area contributed by atoms with Crippen LogP contribution in [0.15, 0.2) is 24.3 Å². The van der Waals surface area contributed by atoms with Crippen LogP contribution in [0.25, 0.3) is 0 Å². The molecule has 2 rings (SSSR count). The summed E-state index contributed by atoms with van der Waals surface area (Å²) in [6.07, 6.45) is -0.497. The molecule has 0 bridgehead atoms. The van der Waals surface area contributed by atoms with Crippen molar-refractivity contribution in [2.24, 2.45) is 0 Å². The summed E-state index contributed by atoms with van der Waals surface area (Å²) in [7, 11) is 0. The molecule has 0 unspecified atom stereocenters. The van der Waals surface area contributed by atoms with E-state index in [0.29, 0.717) is 18.8 Å². The zero-order valence-corrected chi connectivity index (χ0v) is 15.6. The van der Waals surface area contributed by atoms with Crippen LogP contribution in [0.4, 0.5) is 10.5 Å². The lowest BCUT2D eigenvalue weighted by Crippen LogP contribution is -2.55. The topological polar surface area (TPSA) is 67.9 Å². The number of hydrogen-bond donors (Lipinski definition) is 1. The molecule has 0 aliphatic carbocycles. The maximum Gasteiger partial charge on any atom is 0.411 e. The number of benzene rings is 1. The summed E-state index contributed by atoms with van der Waals surface area (Å²) < 4.78 is 11.8. The van der Waals surface area contributed by atoms with Crippen molar-refractivity contribution in [1.29, 1.82) is 0 Å². The average molecular weight is 432 g/mol. The molecule has 1 atom stereocenters.